The van der Waals surface area contributed by atoms with E-state index in [2.05, 4.69) is 10.3 Å². The van der Waals surface area contributed by atoms with Gasteiger partial charge in [0, 0.05) is 16.9 Å². The second-order valence-electron chi connectivity index (χ2n) is 3.33. The fraction of sp³-hybridized carbons (Fsp3) is 0.0833. The van der Waals surface area contributed by atoms with Crippen LogP contribution in [0.1, 0.15) is 5.56 Å². The summed E-state index contributed by atoms with van der Waals surface area (Å²) in [5.41, 5.74) is 3.00. The molecule has 0 amide bonds. The van der Waals surface area contributed by atoms with Crippen molar-refractivity contribution in [1.29, 1.82) is 0 Å². The van der Waals surface area contributed by atoms with E-state index in [1.54, 1.807) is 12.4 Å². The molecule has 0 aliphatic rings. The van der Waals surface area contributed by atoms with E-state index in [0.29, 0.717) is 0 Å². The second kappa shape index (κ2) is 4.32. The average Bonchev–Trinajstić information content (AvgIpc) is 2.25. The Bertz CT molecular complexity index is 454. The molecule has 1 heterocycles. The van der Waals surface area contributed by atoms with Gasteiger partial charge in [-0.3, -0.25) is 4.98 Å². The van der Waals surface area contributed by atoms with E-state index in [4.69, 9.17) is 11.6 Å². The van der Waals surface area contributed by atoms with Crippen LogP contribution in [0.15, 0.2) is 42.7 Å². The van der Waals surface area contributed by atoms with Crippen LogP contribution in [-0.4, -0.2) is 4.98 Å². The van der Waals surface area contributed by atoms with Crippen LogP contribution in [-0.2, 0) is 0 Å². The lowest BCUT2D eigenvalue weighted by Crippen LogP contribution is -1.90. The third kappa shape index (κ3) is 2.48. The molecule has 0 bridgehead atoms. The smallest absolute Gasteiger partial charge is 0.0570 e. The van der Waals surface area contributed by atoms with Gasteiger partial charge in [-0.1, -0.05) is 17.7 Å². The standard InChI is InChI=1S/C12H11ClN2/c1-9-4-5-10(7-12(9)13)15-11-3-2-6-14-8-11/h2-8,15H,1H3. The van der Waals surface area contributed by atoms with E-state index in [1.807, 2.05) is 37.3 Å². The number of benzene rings is 1. The number of anilines is 2. The van der Waals surface area contributed by atoms with Gasteiger partial charge in [-0.15, -0.1) is 0 Å². The second-order valence-corrected chi connectivity index (χ2v) is 3.74. The Kier molecular flexibility index (Phi) is 2.88. The number of hydrogen-bond donors (Lipinski definition) is 1. The number of aryl methyl sites for hydroxylation is 1. The molecule has 0 aliphatic heterocycles. The van der Waals surface area contributed by atoms with Gasteiger partial charge in [0.25, 0.3) is 0 Å². The third-order valence-electron chi connectivity index (χ3n) is 2.12. The maximum absolute atomic E-state index is 6.02. The summed E-state index contributed by atoms with van der Waals surface area (Å²) < 4.78 is 0. The molecule has 0 spiro atoms. The van der Waals surface area contributed by atoms with Crippen LogP contribution in [0, 0.1) is 6.92 Å². The normalized spacial score (nSPS) is 10.0. The molecule has 0 atom stereocenters. The van der Waals surface area contributed by atoms with Gasteiger partial charge in [-0.05, 0) is 36.8 Å². The van der Waals surface area contributed by atoms with Gasteiger partial charge in [-0.25, -0.2) is 0 Å². The molecule has 76 valence electrons. The van der Waals surface area contributed by atoms with Gasteiger partial charge < -0.3 is 5.32 Å². The van der Waals surface area contributed by atoms with Gasteiger partial charge in [0.15, 0.2) is 0 Å². The highest BCUT2D eigenvalue weighted by molar-refractivity contribution is 6.31. The minimum absolute atomic E-state index is 0.767. The van der Waals surface area contributed by atoms with Crippen LogP contribution in [0.5, 0.6) is 0 Å². The molecular formula is C12H11ClN2. The summed E-state index contributed by atoms with van der Waals surface area (Å²) in [7, 11) is 0. The number of halogens is 1. The lowest BCUT2D eigenvalue weighted by Gasteiger charge is -2.06. The molecule has 0 fully saturated rings. The highest BCUT2D eigenvalue weighted by Crippen LogP contribution is 2.22. The largest absolute Gasteiger partial charge is 0.354 e. The van der Waals surface area contributed by atoms with Gasteiger partial charge in [-0.2, -0.15) is 0 Å². The van der Waals surface area contributed by atoms with Crippen molar-refractivity contribution in [2.24, 2.45) is 0 Å². The summed E-state index contributed by atoms with van der Waals surface area (Å²) in [4.78, 5) is 4.03. The van der Waals surface area contributed by atoms with Crippen LogP contribution >= 0.6 is 11.6 Å². The van der Waals surface area contributed by atoms with Crippen LogP contribution in [0.3, 0.4) is 0 Å². The number of aromatic nitrogens is 1. The number of pyridine rings is 1. The highest BCUT2D eigenvalue weighted by atomic mass is 35.5. The summed E-state index contributed by atoms with van der Waals surface area (Å²) in [5, 5.41) is 3.99. The molecule has 1 N–H and O–H groups in total. The fourth-order valence-corrected chi connectivity index (χ4v) is 1.45. The van der Waals surface area contributed by atoms with E-state index in [1.165, 1.54) is 0 Å². The van der Waals surface area contributed by atoms with Gasteiger partial charge in [0.05, 0.1) is 11.9 Å². The number of nitrogens with zero attached hydrogens (tertiary/aromatic N) is 1. The monoisotopic (exact) mass is 218 g/mol. The predicted molar refractivity (Wildman–Crippen MR) is 63.7 cm³/mol. The van der Waals surface area contributed by atoms with Crippen molar-refractivity contribution in [2.45, 2.75) is 6.92 Å². The van der Waals surface area contributed by atoms with E-state index in [-0.39, 0.29) is 0 Å². The molecular weight excluding hydrogens is 208 g/mol. The maximum Gasteiger partial charge on any atom is 0.0570 e. The zero-order chi connectivity index (χ0) is 10.7. The summed E-state index contributed by atoms with van der Waals surface area (Å²) in [6, 6.07) is 9.73. The molecule has 15 heavy (non-hydrogen) atoms. The van der Waals surface area contributed by atoms with E-state index in [0.717, 1.165) is 22.0 Å². The molecule has 0 saturated heterocycles. The minimum Gasteiger partial charge on any atom is -0.354 e. The van der Waals surface area contributed by atoms with Crippen molar-refractivity contribution < 1.29 is 0 Å². The predicted octanol–water partition coefficient (Wildman–Crippen LogP) is 3.79. The van der Waals surface area contributed by atoms with Gasteiger partial charge >= 0.3 is 0 Å². The Morgan fingerprint density at radius 1 is 1.20 bits per heavy atom. The van der Waals surface area contributed by atoms with Crippen LogP contribution in [0.2, 0.25) is 5.02 Å². The average molecular weight is 219 g/mol. The number of rotatable bonds is 2. The Balaban J connectivity index is 2.22. The first-order valence-corrected chi connectivity index (χ1v) is 5.07. The lowest BCUT2D eigenvalue weighted by atomic mass is 10.2. The number of nitrogens with one attached hydrogen (secondary N) is 1. The number of hydrogen-bond acceptors (Lipinski definition) is 2. The first kappa shape index (κ1) is 9.99. The minimum atomic E-state index is 0.767. The highest BCUT2D eigenvalue weighted by Gasteiger charge is 1.98. The van der Waals surface area contributed by atoms with Crippen molar-refractivity contribution in [1.82, 2.24) is 4.98 Å². The topological polar surface area (TPSA) is 24.9 Å². The first-order chi connectivity index (χ1) is 7.25. The Hall–Kier alpha value is -1.54. The summed E-state index contributed by atoms with van der Waals surface area (Å²) in [6.07, 6.45) is 3.51. The van der Waals surface area contributed by atoms with E-state index >= 15 is 0 Å². The van der Waals surface area contributed by atoms with Crippen molar-refractivity contribution >= 4 is 23.0 Å². The summed E-state index contributed by atoms with van der Waals surface area (Å²) >= 11 is 6.02. The zero-order valence-corrected chi connectivity index (χ0v) is 9.12. The maximum atomic E-state index is 6.02. The molecule has 0 saturated carbocycles. The molecule has 1 aromatic heterocycles. The van der Waals surface area contributed by atoms with Crippen LogP contribution < -0.4 is 5.32 Å². The molecule has 2 nitrogen and oxygen atoms in total. The van der Waals surface area contributed by atoms with Crippen molar-refractivity contribution in [3.8, 4) is 0 Å². The van der Waals surface area contributed by atoms with E-state index in [9.17, 15) is 0 Å². The Morgan fingerprint density at radius 3 is 2.73 bits per heavy atom. The van der Waals surface area contributed by atoms with Gasteiger partial charge in [0.1, 0.15) is 0 Å². The lowest BCUT2D eigenvalue weighted by molar-refractivity contribution is 1.32. The molecule has 2 aromatic rings. The first-order valence-electron chi connectivity index (χ1n) is 4.69. The van der Waals surface area contributed by atoms with Crippen molar-refractivity contribution in [3.05, 3.63) is 53.3 Å². The fourth-order valence-electron chi connectivity index (χ4n) is 1.27. The van der Waals surface area contributed by atoms with Crippen LogP contribution in [0.25, 0.3) is 0 Å². The van der Waals surface area contributed by atoms with Crippen molar-refractivity contribution in [3.63, 3.8) is 0 Å². The molecule has 0 aliphatic carbocycles. The van der Waals surface area contributed by atoms with Gasteiger partial charge in [0.2, 0.25) is 0 Å². The Labute approximate surface area is 93.9 Å². The quantitative estimate of drug-likeness (QED) is 0.830. The summed E-state index contributed by atoms with van der Waals surface area (Å²) in [6.45, 7) is 1.98. The molecule has 0 unspecified atom stereocenters. The van der Waals surface area contributed by atoms with E-state index < -0.39 is 0 Å². The summed E-state index contributed by atoms with van der Waals surface area (Å²) in [5.74, 6) is 0. The van der Waals surface area contributed by atoms with Crippen LogP contribution in [0.4, 0.5) is 11.4 Å². The SMILES string of the molecule is Cc1ccc(Nc2cccnc2)cc1Cl. The molecule has 1 aromatic carbocycles. The zero-order valence-electron chi connectivity index (χ0n) is 8.37. The Morgan fingerprint density at radius 2 is 2.07 bits per heavy atom. The molecule has 3 heteroatoms. The molecule has 2 rings (SSSR count). The van der Waals surface area contributed by atoms with Crippen molar-refractivity contribution in [2.75, 3.05) is 5.32 Å². The third-order valence-corrected chi connectivity index (χ3v) is 2.53. The molecule has 0 radical (unpaired) electrons.